The summed E-state index contributed by atoms with van der Waals surface area (Å²) in [6.45, 7) is 3.96. The largest absolute Gasteiger partial charge is 1.00 e. The van der Waals surface area contributed by atoms with Gasteiger partial charge in [-0.15, -0.1) is 23.2 Å². The highest BCUT2D eigenvalue weighted by atomic mass is 35.5. The van der Waals surface area contributed by atoms with Crippen molar-refractivity contribution in [2.75, 3.05) is 27.2 Å². The van der Waals surface area contributed by atoms with Gasteiger partial charge in [-0.1, -0.05) is 58.3 Å². The maximum absolute atomic E-state index is 9.74. The monoisotopic (exact) mass is 375 g/mol. The maximum Gasteiger partial charge on any atom is 0.139 e. The lowest BCUT2D eigenvalue weighted by Crippen LogP contribution is -3.00. The summed E-state index contributed by atoms with van der Waals surface area (Å²) in [5.74, 6) is 0. The smallest absolute Gasteiger partial charge is 0.139 e. The van der Waals surface area contributed by atoms with Gasteiger partial charge in [0.15, 0.2) is 0 Å². The summed E-state index contributed by atoms with van der Waals surface area (Å²) in [6.07, 6.45) is 12.9. The van der Waals surface area contributed by atoms with Gasteiger partial charge >= 0.3 is 0 Å². The van der Waals surface area contributed by atoms with Crippen molar-refractivity contribution in [1.82, 2.24) is 0 Å². The Labute approximate surface area is 154 Å². The fourth-order valence-electron chi connectivity index (χ4n) is 2.70. The van der Waals surface area contributed by atoms with E-state index in [-0.39, 0.29) is 12.4 Å². The average Bonchev–Trinajstić information content (AvgIpc) is 2.40. The zero-order valence-electron chi connectivity index (χ0n) is 14.7. The van der Waals surface area contributed by atoms with E-state index in [1.54, 1.807) is 0 Å². The molecule has 2 nitrogen and oxygen atoms in total. The molecule has 136 valence electrons. The minimum atomic E-state index is -0.685. The third kappa shape index (κ3) is 15.7. The summed E-state index contributed by atoms with van der Waals surface area (Å²) in [5, 5.41) is 9.74. The van der Waals surface area contributed by atoms with E-state index in [9.17, 15) is 5.11 Å². The topological polar surface area (TPSA) is 20.2 Å². The first-order valence-electron chi connectivity index (χ1n) is 8.67. The zero-order valence-corrected chi connectivity index (χ0v) is 16.9. The minimum absolute atomic E-state index is 0. The number of aliphatic hydroxyl groups is 1. The van der Waals surface area contributed by atoms with E-state index in [1.165, 1.54) is 64.2 Å². The fourth-order valence-corrected chi connectivity index (χ4v) is 2.86. The number of alkyl halides is 2. The summed E-state index contributed by atoms with van der Waals surface area (Å²) in [4.78, 5) is -0.685. The number of hydrogen-bond acceptors (Lipinski definition) is 1. The molecule has 1 unspecified atom stereocenters. The third-order valence-electron chi connectivity index (χ3n) is 4.09. The van der Waals surface area contributed by atoms with Crippen LogP contribution in [0.4, 0.5) is 0 Å². The Balaban J connectivity index is 0. The average molecular weight is 377 g/mol. The van der Waals surface area contributed by atoms with E-state index in [0.717, 1.165) is 11.0 Å². The first-order chi connectivity index (χ1) is 9.89. The van der Waals surface area contributed by atoms with Crippen molar-refractivity contribution in [3.8, 4) is 0 Å². The van der Waals surface area contributed by atoms with Gasteiger partial charge in [0, 0.05) is 0 Å². The van der Waals surface area contributed by atoms with Crippen molar-refractivity contribution in [2.45, 2.75) is 82.1 Å². The van der Waals surface area contributed by atoms with Crippen LogP contribution in [0.1, 0.15) is 71.1 Å². The Morgan fingerprint density at radius 3 is 1.64 bits per heavy atom. The predicted molar refractivity (Wildman–Crippen MR) is 95.2 cm³/mol. The second kappa shape index (κ2) is 15.3. The van der Waals surface area contributed by atoms with Gasteiger partial charge in [-0.2, -0.15) is 0 Å². The molecule has 0 radical (unpaired) electrons. The van der Waals surface area contributed by atoms with Crippen molar-refractivity contribution >= 4 is 23.2 Å². The van der Waals surface area contributed by atoms with E-state index in [4.69, 9.17) is 23.2 Å². The Morgan fingerprint density at radius 2 is 1.23 bits per heavy atom. The molecule has 1 atom stereocenters. The molecular weight excluding hydrogens is 341 g/mol. The normalized spacial score (nSPS) is 13.2. The summed E-state index contributed by atoms with van der Waals surface area (Å²) >= 11 is 11.4. The van der Waals surface area contributed by atoms with E-state index in [2.05, 4.69) is 21.0 Å². The van der Waals surface area contributed by atoms with Crippen LogP contribution in [0.25, 0.3) is 0 Å². The number of quaternary nitrogens is 1. The molecule has 0 saturated heterocycles. The van der Waals surface area contributed by atoms with Gasteiger partial charge in [-0.05, 0) is 12.8 Å². The second-order valence-corrected chi connectivity index (χ2v) is 8.09. The number of rotatable bonds is 14. The molecule has 0 heterocycles. The van der Waals surface area contributed by atoms with Gasteiger partial charge < -0.3 is 22.0 Å². The van der Waals surface area contributed by atoms with Crippen LogP contribution in [-0.2, 0) is 0 Å². The lowest BCUT2D eigenvalue weighted by atomic mass is 10.1. The molecule has 0 amide bonds. The number of unbranched alkanes of at least 4 members (excludes halogenated alkanes) is 9. The van der Waals surface area contributed by atoms with Crippen molar-refractivity contribution in [3.63, 3.8) is 0 Å². The Hall–Kier alpha value is 0.790. The molecule has 1 N–H and O–H groups in total. The Kier molecular flexibility index (Phi) is 17.4. The second-order valence-electron chi connectivity index (χ2n) is 6.93. The number of aliphatic hydroxyl groups excluding tert-OH is 1. The number of halogens is 3. The highest BCUT2D eigenvalue weighted by Gasteiger charge is 2.24. The van der Waals surface area contributed by atoms with Gasteiger partial charge in [-0.25, -0.2) is 0 Å². The quantitative estimate of drug-likeness (QED) is 0.280. The van der Waals surface area contributed by atoms with Crippen molar-refractivity contribution in [2.24, 2.45) is 0 Å². The predicted octanol–water partition coefficient (Wildman–Crippen LogP) is 2.15. The molecule has 0 fully saturated rings. The molecule has 0 rings (SSSR count). The first kappa shape index (κ1) is 25.0. The third-order valence-corrected chi connectivity index (χ3v) is 4.67. The lowest BCUT2D eigenvalue weighted by molar-refractivity contribution is -0.893. The van der Waals surface area contributed by atoms with Crippen LogP contribution >= 0.6 is 23.2 Å². The Morgan fingerprint density at radius 1 is 0.818 bits per heavy atom. The molecule has 0 aromatic heterocycles. The van der Waals surface area contributed by atoms with Crippen LogP contribution in [0.15, 0.2) is 0 Å². The molecule has 0 aliphatic rings. The lowest BCUT2D eigenvalue weighted by Gasteiger charge is -2.32. The maximum atomic E-state index is 9.74. The molecule has 0 aromatic rings. The van der Waals surface area contributed by atoms with Crippen LogP contribution in [-0.4, -0.2) is 47.7 Å². The summed E-state index contributed by atoms with van der Waals surface area (Å²) in [6, 6.07) is 0. The molecule has 0 aliphatic heterocycles. The van der Waals surface area contributed by atoms with Crippen molar-refractivity contribution in [3.05, 3.63) is 0 Å². The van der Waals surface area contributed by atoms with Gasteiger partial charge in [0.25, 0.3) is 0 Å². The van der Waals surface area contributed by atoms with E-state index in [0.29, 0.717) is 6.54 Å². The molecule has 22 heavy (non-hydrogen) atoms. The van der Waals surface area contributed by atoms with Gasteiger partial charge in [0.1, 0.15) is 17.5 Å². The summed E-state index contributed by atoms with van der Waals surface area (Å²) in [7, 11) is 4.26. The zero-order chi connectivity index (χ0) is 16.1. The van der Waals surface area contributed by atoms with Crippen molar-refractivity contribution in [1.29, 1.82) is 0 Å². The molecule has 0 aliphatic carbocycles. The summed E-state index contributed by atoms with van der Waals surface area (Å²) in [5.41, 5.74) is 0. The van der Waals surface area contributed by atoms with Crippen LogP contribution in [0.2, 0.25) is 0 Å². The molecule has 0 saturated carbocycles. The molecular formula is C17H36Cl3NO. The first-order valence-corrected chi connectivity index (χ1v) is 9.54. The highest BCUT2D eigenvalue weighted by Crippen LogP contribution is 2.14. The molecule has 5 heteroatoms. The molecule has 0 aromatic carbocycles. The SMILES string of the molecule is CCCCCCCCCCCC[N+](C)(C)CC(O)C(Cl)Cl.[Cl-]. The van der Waals surface area contributed by atoms with E-state index < -0.39 is 10.9 Å². The van der Waals surface area contributed by atoms with Crippen LogP contribution in [0, 0.1) is 0 Å². The van der Waals surface area contributed by atoms with Gasteiger partial charge in [0.05, 0.1) is 20.6 Å². The van der Waals surface area contributed by atoms with E-state index >= 15 is 0 Å². The number of nitrogens with zero attached hydrogens (tertiary/aromatic N) is 1. The molecule has 0 spiro atoms. The minimum Gasteiger partial charge on any atom is -1.00 e. The van der Waals surface area contributed by atoms with Crippen molar-refractivity contribution < 1.29 is 22.0 Å². The van der Waals surface area contributed by atoms with Crippen LogP contribution in [0.5, 0.6) is 0 Å². The van der Waals surface area contributed by atoms with Gasteiger partial charge in [0.2, 0.25) is 0 Å². The van der Waals surface area contributed by atoms with Crippen LogP contribution in [0.3, 0.4) is 0 Å². The highest BCUT2D eigenvalue weighted by molar-refractivity contribution is 6.44. The summed E-state index contributed by atoms with van der Waals surface area (Å²) < 4.78 is 0.786. The van der Waals surface area contributed by atoms with E-state index in [1.807, 2.05) is 0 Å². The number of hydrogen-bond donors (Lipinski definition) is 1. The standard InChI is InChI=1S/C17H36Cl2NO.ClH/c1-4-5-6-7-8-9-10-11-12-13-14-20(2,3)15-16(21)17(18)19;/h16-17,21H,4-15H2,1-3H3;1H/q+1;/p-1. The Bertz CT molecular complexity index is 238. The van der Waals surface area contributed by atoms with Crippen LogP contribution < -0.4 is 12.4 Å². The van der Waals surface area contributed by atoms with Gasteiger partial charge in [-0.3, -0.25) is 0 Å². The molecule has 0 bridgehead atoms. The number of likely N-dealkylation sites (N-methyl/N-ethyl adjacent to an activating group) is 1. The fraction of sp³-hybridized carbons (Fsp3) is 1.00.